The van der Waals surface area contributed by atoms with Crippen LogP contribution in [-0.4, -0.2) is 57.0 Å². The highest BCUT2D eigenvalue weighted by atomic mass is 32.2. The second kappa shape index (κ2) is 4.39. The SMILES string of the molecule is CS(=O)(=O)CCN1CCC2CCC(C1)N2. The van der Waals surface area contributed by atoms with Crippen LogP contribution in [0.1, 0.15) is 19.3 Å². The highest BCUT2D eigenvalue weighted by Gasteiger charge is 2.29. The summed E-state index contributed by atoms with van der Waals surface area (Å²) in [5, 5.41) is 3.59. The molecule has 2 heterocycles. The fourth-order valence-corrected chi connectivity index (χ4v) is 3.10. The first-order valence-electron chi connectivity index (χ1n) is 5.69. The van der Waals surface area contributed by atoms with Crippen molar-refractivity contribution in [3.8, 4) is 0 Å². The predicted octanol–water partition coefficient (Wildman–Crippen LogP) is -0.143. The fraction of sp³-hybridized carbons (Fsp3) is 1.00. The van der Waals surface area contributed by atoms with Crippen LogP contribution < -0.4 is 5.32 Å². The van der Waals surface area contributed by atoms with Crippen LogP contribution in [0.25, 0.3) is 0 Å². The molecule has 2 aliphatic heterocycles. The molecule has 1 N–H and O–H groups in total. The summed E-state index contributed by atoms with van der Waals surface area (Å²) < 4.78 is 22.2. The molecule has 0 amide bonds. The lowest BCUT2D eigenvalue weighted by atomic mass is 10.1. The summed E-state index contributed by atoms with van der Waals surface area (Å²) in [4.78, 5) is 2.29. The van der Waals surface area contributed by atoms with E-state index >= 15 is 0 Å². The Labute approximate surface area is 91.9 Å². The van der Waals surface area contributed by atoms with Gasteiger partial charge in [-0.15, -0.1) is 0 Å². The van der Waals surface area contributed by atoms with E-state index in [0.29, 0.717) is 24.4 Å². The Kier molecular flexibility index (Phi) is 3.33. The number of hydrogen-bond donors (Lipinski definition) is 1. The average molecular weight is 232 g/mol. The third-order valence-corrected chi connectivity index (χ3v) is 4.31. The van der Waals surface area contributed by atoms with E-state index in [2.05, 4.69) is 10.2 Å². The topological polar surface area (TPSA) is 49.4 Å². The second-order valence-corrected chi connectivity index (χ2v) is 7.12. The molecule has 0 saturated carbocycles. The van der Waals surface area contributed by atoms with Crippen LogP contribution in [0.4, 0.5) is 0 Å². The molecule has 2 aliphatic rings. The summed E-state index contributed by atoms with van der Waals surface area (Å²) in [5.41, 5.74) is 0. The second-order valence-electron chi connectivity index (χ2n) is 4.86. The lowest BCUT2D eigenvalue weighted by Gasteiger charge is -2.23. The van der Waals surface area contributed by atoms with Gasteiger partial charge in [-0.05, 0) is 25.8 Å². The zero-order valence-electron chi connectivity index (χ0n) is 9.28. The van der Waals surface area contributed by atoms with E-state index in [1.807, 2.05) is 0 Å². The van der Waals surface area contributed by atoms with E-state index in [1.54, 1.807) is 0 Å². The third-order valence-electron chi connectivity index (χ3n) is 3.39. The lowest BCUT2D eigenvalue weighted by Crippen LogP contribution is -2.37. The molecule has 0 radical (unpaired) electrons. The molecule has 0 aliphatic carbocycles. The zero-order chi connectivity index (χ0) is 10.9. The molecule has 88 valence electrons. The minimum Gasteiger partial charge on any atom is -0.310 e. The number of rotatable bonds is 3. The molecule has 0 aromatic heterocycles. The van der Waals surface area contributed by atoms with Gasteiger partial charge in [-0.3, -0.25) is 0 Å². The minimum absolute atomic E-state index is 0.296. The number of sulfone groups is 1. The molecular formula is C10H20N2O2S. The van der Waals surface area contributed by atoms with Crippen molar-refractivity contribution >= 4 is 9.84 Å². The summed E-state index contributed by atoms with van der Waals surface area (Å²) in [7, 11) is -2.81. The summed E-state index contributed by atoms with van der Waals surface area (Å²) in [6.07, 6.45) is 5.03. The highest BCUT2D eigenvalue weighted by Crippen LogP contribution is 2.20. The molecule has 2 bridgehead atoms. The van der Waals surface area contributed by atoms with Crippen LogP contribution in [0.3, 0.4) is 0 Å². The van der Waals surface area contributed by atoms with Crippen molar-refractivity contribution < 1.29 is 8.42 Å². The van der Waals surface area contributed by atoms with Gasteiger partial charge in [-0.1, -0.05) is 0 Å². The Morgan fingerprint density at radius 1 is 1.27 bits per heavy atom. The van der Waals surface area contributed by atoms with Gasteiger partial charge in [0.2, 0.25) is 0 Å². The largest absolute Gasteiger partial charge is 0.310 e. The van der Waals surface area contributed by atoms with E-state index in [-0.39, 0.29) is 0 Å². The summed E-state index contributed by atoms with van der Waals surface area (Å²) in [6.45, 7) is 2.76. The number of hydrogen-bond acceptors (Lipinski definition) is 4. The number of likely N-dealkylation sites (tertiary alicyclic amines) is 1. The van der Waals surface area contributed by atoms with Crippen molar-refractivity contribution in [1.82, 2.24) is 10.2 Å². The van der Waals surface area contributed by atoms with Crippen LogP contribution >= 0.6 is 0 Å². The maximum Gasteiger partial charge on any atom is 0.148 e. The van der Waals surface area contributed by atoms with Gasteiger partial charge in [0.1, 0.15) is 9.84 Å². The average Bonchev–Trinajstić information content (AvgIpc) is 2.43. The van der Waals surface area contributed by atoms with E-state index in [0.717, 1.165) is 13.1 Å². The molecule has 0 aromatic carbocycles. The van der Waals surface area contributed by atoms with E-state index in [9.17, 15) is 8.42 Å². The van der Waals surface area contributed by atoms with Crippen molar-refractivity contribution in [2.75, 3.05) is 31.6 Å². The number of nitrogens with one attached hydrogen (secondary N) is 1. The molecule has 2 unspecified atom stereocenters. The third kappa shape index (κ3) is 3.43. The van der Waals surface area contributed by atoms with Crippen LogP contribution in [0.2, 0.25) is 0 Å². The van der Waals surface area contributed by atoms with Crippen molar-refractivity contribution in [2.45, 2.75) is 31.3 Å². The van der Waals surface area contributed by atoms with Crippen LogP contribution in [0, 0.1) is 0 Å². The molecule has 4 nitrogen and oxygen atoms in total. The summed E-state index contributed by atoms with van der Waals surface area (Å²) in [6, 6.07) is 1.27. The zero-order valence-corrected chi connectivity index (χ0v) is 10.1. The number of nitrogens with zero attached hydrogens (tertiary/aromatic N) is 1. The molecule has 2 atom stereocenters. The van der Waals surface area contributed by atoms with Gasteiger partial charge in [0, 0.05) is 31.4 Å². The normalized spacial score (nSPS) is 32.9. The predicted molar refractivity (Wildman–Crippen MR) is 60.7 cm³/mol. The molecule has 0 spiro atoms. The van der Waals surface area contributed by atoms with Gasteiger partial charge < -0.3 is 10.2 Å². The molecule has 2 fully saturated rings. The minimum atomic E-state index is -2.81. The van der Waals surface area contributed by atoms with Crippen molar-refractivity contribution in [3.05, 3.63) is 0 Å². The molecule has 2 saturated heterocycles. The molecule has 2 rings (SSSR count). The van der Waals surface area contributed by atoms with Crippen molar-refractivity contribution in [2.24, 2.45) is 0 Å². The Bertz CT molecular complexity index is 315. The van der Waals surface area contributed by atoms with Crippen molar-refractivity contribution in [1.29, 1.82) is 0 Å². The quantitative estimate of drug-likeness (QED) is 0.736. The Morgan fingerprint density at radius 3 is 2.73 bits per heavy atom. The van der Waals surface area contributed by atoms with Gasteiger partial charge >= 0.3 is 0 Å². The first kappa shape index (κ1) is 11.4. The standard InChI is InChI=1S/C10H20N2O2S/c1-15(13,14)7-6-12-5-4-9-2-3-10(8-12)11-9/h9-11H,2-8H2,1H3. The monoisotopic (exact) mass is 232 g/mol. The van der Waals surface area contributed by atoms with Crippen LogP contribution in [-0.2, 0) is 9.84 Å². The summed E-state index contributed by atoms with van der Waals surface area (Å²) in [5.74, 6) is 0.296. The van der Waals surface area contributed by atoms with E-state index in [1.165, 1.54) is 25.5 Å². The van der Waals surface area contributed by atoms with Crippen molar-refractivity contribution in [3.63, 3.8) is 0 Å². The van der Waals surface area contributed by atoms with Crippen LogP contribution in [0.15, 0.2) is 0 Å². The van der Waals surface area contributed by atoms with Gasteiger partial charge in [0.25, 0.3) is 0 Å². The molecular weight excluding hydrogens is 212 g/mol. The number of fused-ring (bicyclic) bond motifs is 2. The van der Waals surface area contributed by atoms with Gasteiger partial charge in [-0.25, -0.2) is 8.42 Å². The Morgan fingerprint density at radius 2 is 2.00 bits per heavy atom. The Hall–Kier alpha value is -0.130. The maximum atomic E-state index is 11.1. The maximum absolute atomic E-state index is 11.1. The Balaban J connectivity index is 1.83. The van der Waals surface area contributed by atoms with Gasteiger partial charge in [-0.2, -0.15) is 0 Å². The van der Waals surface area contributed by atoms with Gasteiger partial charge in [0.15, 0.2) is 0 Å². The molecule has 5 heteroatoms. The lowest BCUT2D eigenvalue weighted by molar-refractivity contribution is 0.273. The highest BCUT2D eigenvalue weighted by molar-refractivity contribution is 7.90. The fourth-order valence-electron chi connectivity index (χ4n) is 2.51. The summed E-state index contributed by atoms with van der Waals surface area (Å²) >= 11 is 0. The first-order chi connectivity index (χ1) is 7.03. The first-order valence-corrected chi connectivity index (χ1v) is 7.75. The molecule has 15 heavy (non-hydrogen) atoms. The van der Waals surface area contributed by atoms with Crippen LogP contribution in [0.5, 0.6) is 0 Å². The van der Waals surface area contributed by atoms with E-state index < -0.39 is 9.84 Å². The molecule has 0 aromatic rings. The smallest absolute Gasteiger partial charge is 0.148 e. The van der Waals surface area contributed by atoms with Gasteiger partial charge in [0.05, 0.1) is 5.75 Å². The van der Waals surface area contributed by atoms with E-state index in [4.69, 9.17) is 0 Å².